The van der Waals surface area contributed by atoms with E-state index in [0.29, 0.717) is 41.9 Å². The number of benzene rings is 6. The lowest BCUT2D eigenvalue weighted by atomic mass is 9.66. The van der Waals surface area contributed by atoms with Crippen molar-refractivity contribution < 1.29 is 78.6 Å². The van der Waals surface area contributed by atoms with E-state index in [1.54, 1.807) is 21.2 Å². The van der Waals surface area contributed by atoms with Gasteiger partial charge in [0.25, 0.3) is 0 Å². The molecule has 0 saturated carbocycles. The minimum atomic E-state index is -3.10. The van der Waals surface area contributed by atoms with E-state index in [9.17, 15) is 14.4 Å². The Kier molecular flexibility index (Phi) is 21.3. The van der Waals surface area contributed by atoms with Crippen molar-refractivity contribution >= 4 is 40.3 Å². The smallest absolute Gasteiger partial charge is 0.238 e. The molecule has 508 valence electrons. The number of nitrogens with one attached hydrogen (secondary N) is 1. The van der Waals surface area contributed by atoms with Gasteiger partial charge < -0.3 is 51.4 Å². The highest BCUT2D eigenvalue weighted by Crippen LogP contribution is 2.50. The number of nitriles is 1. The minimum Gasteiger partial charge on any atom is -1.00 e. The predicted octanol–water partition coefficient (Wildman–Crippen LogP) is 8.81. The van der Waals surface area contributed by atoms with Gasteiger partial charge in [-0.25, -0.2) is 0 Å². The Balaban J connectivity index is 0.000000246. The maximum Gasteiger partial charge on any atom is 0.238 e. The van der Waals surface area contributed by atoms with E-state index in [2.05, 4.69) is 68.0 Å². The molecule has 6 heterocycles. The fourth-order valence-electron chi connectivity index (χ4n) is 13.0. The molecular formula is C78H104ClIN7O7-. The number of amides is 3. The monoisotopic (exact) mass is 1440 g/mol. The van der Waals surface area contributed by atoms with Gasteiger partial charge in [0.1, 0.15) is 16.2 Å². The molecule has 0 bridgehead atoms. The molecule has 6 aromatic carbocycles. The summed E-state index contributed by atoms with van der Waals surface area (Å²) in [5.41, 5.74) is 2.56. The predicted molar refractivity (Wildman–Crippen MR) is 383 cm³/mol. The van der Waals surface area contributed by atoms with Crippen LogP contribution in [0.3, 0.4) is 0 Å². The van der Waals surface area contributed by atoms with Crippen LogP contribution in [0.1, 0.15) is 127 Å². The van der Waals surface area contributed by atoms with Crippen molar-refractivity contribution in [1.82, 2.24) is 29.8 Å². The topological polar surface area (TPSA) is 140 Å². The van der Waals surface area contributed by atoms with Gasteiger partial charge in [0.15, 0.2) is 0 Å². The summed E-state index contributed by atoms with van der Waals surface area (Å²) >= 11 is 2.43. The Morgan fingerprint density at radius 3 is 0.926 bits per heavy atom. The second-order valence-corrected chi connectivity index (χ2v) is 22.9. The largest absolute Gasteiger partial charge is 1.00 e. The van der Waals surface area contributed by atoms with E-state index < -0.39 is 106 Å². The second kappa shape index (κ2) is 41.2. The standard InChI is InChI=1S/2C24H30N2O2.C20H22INO.C4H9NO.C4H10O.C2H3N.ClH/c2*1-2-26-19-22(13-14-25-15-17-28-18-16-25)24(23(26)27,20-9-5-3-6-10-20)21-11-7-4-8-12-21;1-2-22-15-18(13-14-21)20(19(22)23,16-9-5-3-6-10-16)17-11-7-4-8-12-17;1-3-6-4-2-5-1;1-3-5-4-2;1-2-3;/h2*3-12,22H,2,13-19H2,1H3;3-12,18H,2,13-15H2,1H3;5H,1-4H2;3-4H2,1-2H3;1H3;1H/p-1/t2*22-;18-;;;;/m000..../s1/i2*15D2,16D2,17D2,18D2;;1D2,2D2,3D2,4D2;;;. The summed E-state index contributed by atoms with van der Waals surface area (Å²) in [5.74, 6) is -0.470. The summed E-state index contributed by atoms with van der Waals surface area (Å²) in [6, 6.07) is 59.7. The summed E-state index contributed by atoms with van der Waals surface area (Å²) in [7, 11) is 0. The van der Waals surface area contributed by atoms with Crippen LogP contribution in [-0.2, 0) is 49.6 Å². The number of ether oxygens (including phenoxy) is 4. The van der Waals surface area contributed by atoms with Gasteiger partial charge in [-0.3, -0.25) is 24.2 Å². The van der Waals surface area contributed by atoms with Crippen LogP contribution in [0.25, 0.3) is 0 Å². The Morgan fingerprint density at radius 2 is 0.713 bits per heavy atom. The number of morpholine rings is 3. The van der Waals surface area contributed by atoms with Crippen LogP contribution in [0.4, 0.5) is 0 Å². The van der Waals surface area contributed by atoms with Crippen LogP contribution in [0.2, 0.25) is 0 Å². The lowest BCUT2D eigenvalue weighted by Gasteiger charge is -2.36. The molecule has 6 aromatic rings. The van der Waals surface area contributed by atoms with Crippen LogP contribution in [0.5, 0.6) is 0 Å². The van der Waals surface area contributed by atoms with Crippen LogP contribution < -0.4 is 17.7 Å². The van der Waals surface area contributed by atoms with Gasteiger partial charge in [-0.2, -0.15) is 5.26 Å². The molecule has 6 fully saturated rings. The molecule has 0 spiro atoms. The van der Waals surface area contributed by atoms with Gasteiger partial charge in [-0.1, -0.05) is 205 Å². The number of likely N-dealkylation sites (tertiary alicyclic amines) is 3. The molecule has 6 aliphatic heterocycles. The number of nitrogens with zero attached hydrogens (tertiary/aromatic N) is 6. The molecule has 6 saturated heterocycles. The third kappa shape index (κ3) is 18.9. The van der Waals surface area contributed by atoms with Crippen LogP contribution in [0, 0.1) is 29.1 Å². The summed E-state index contributed by atoms with van der Waals surface area (Å²) in [6.45, 7) is -20.2. The SMILES string of the molecule is CC#N.CCN1C[C@H](CCI)C(c2ccccc2)(c2ccccc2)C1=O.CCOCC.[2H]C1([2H])NC([2H])([2H])C([2H])([2H])OC1([2H])[2H].[2H]C1([2H])OC([2H])([2H])C([2H])([2H])N(CC[C@H]2CN(CC)C(=O)C2(c2ccccc2)c2ccccc2)C1([2H])[2H].[2H]C1([2H])OC([2H])([2H])C([2H])([2H])N(CC[C@H]2CN(CC)C(=O)C2(c2ccccc2)c2ccccc2)C1([2H])[2H].[Cl-]. The van der Waals surface area contributed by atoms with Crippen molar-refractivity contribution in [2.75, 3.05) is 148 Å². The van der Waals surface area contributed by atoms with Crippen LogP contribution >= 0.6 is 22.6 Å². The lowest BCUT2D eigenvalue weighted by molar-refractivity contribution is -0.132. The molecule has 0 aliphatic carbocycles. The highest BCUT2D eigenvalue weighted by molar-refractivity contribution is 14.1. The fraction of sp³-hybridized carbons (Fsp3) is 0.487. The molecule has 1 N–H and O–H groups in total. The molecule has 3 atom stereocenters. The molecule has 0 aromatic heterocycles. The van der Waals surface area contributed by atoms with Gasteiger partial charge in [-0.05, 0) is 111 Å². The van der Waals surface area contributed by atoms with E-state index >= 15 is 0 Å². The highest BCUT2D eigenvalue weighted by atomic mass is 127. The van der Waals surface area contributed by atoms with E-state index in [1.165, 1.54) is 6.92 Å². The van der Waals surface area contributed by atoms with Gasteiger partial charge >= 0.3 is 0 Å². The number of likely N-dealkylation sites (N-methyl/N-ethyl adjacent to an activating group) is 3. The molecule has 0 unspecified atom stereocenters. The molecule has 14 nitrogen and oxygen atoms in total. The number of rotatable bonds is 19. The van der Waals surface area contributed by atoms with Gasteiger partial charge in [0.2, 0.25) is 17.7 Å². The number of hydrogen-bond donors (Lipinski definition) is 1. The van der Waals surface area contributed by atoms with Crippen molar-refractivity contribution in [3.8, 4) is 6.07 Å². The molecule has 3 amide bonds. The van der Waals surface area contributed by atoms with E-state index in [0.717, 1.165) is 70.5 Å². The first-order valence-electron chi connectivity index (χ1n) is 43.6. The normalized spacial score (nSPS) is 30.6. The third-order valence-corrected chi connectivity index (χ3v) is 17.7. The first kappa shape index (κ1) is 48.6. The zero-order chi connectivity index (χ0) is 87.7. The average molecular weight is 1440 g/mol. The number of alkyl halides is 1. The molecule has 6 aliphatic rings. The maximum atomic E-state index is 14.0. The van der Waals surface area contributed by atoms with Crippen LogP contribution in [-0.4, -0.2) is 191 Å². The lowest BCUT2D eigenvalue weighted by Crippen LogP contribution is -3.00. The Morgan fingerprint density at radius 1 is 0.468 bits per heavy atom. The average Bonchev–Trinajstić information content (AvgIpc) is 1.27. The Labute approximate surface area is 616 Å². The summed E-state index contributed by atoms with van der Waals surface area (Å²) < 4.78 is 207. The molecule has 0 radical (unpaired) electrons. The van der Waals surface area contributed by atoms with Gasteiger partial charge in [0, 0.05) is 127 Å². The fourth-order valence-corrected chi connectivity index (χ4v) is 13.8. The van der Waals surface area contributed by atoms with Gasteiger partial charge in [0.05, 0.1) is 61.9 Å². The minimum absolute atomic E-state index is 0. The van der Waals surface area contributed by atoms with Crippen molar-refractivity contribution in [2.24, 2.45) is 17.8 Å². The molecule has 94 heavy (non-hydrogen) atoms. The molecule has 12 rings (SSSR count). The zero-order valence-electron chi connectivity index (χ0n) is 78.2. The van der Waals surface area contributed by atoms with E-state index in [-0.39, 0.29) is 56.1 Å². The van der Waals surface area contributed by atoms with Gasteiger partial charge in [-0.15, -0.1) is 0 Å². The zero-order valence-corrected chi connectivity index (χ0v) is 57.2. The third-order valence-electron chi connectivity index (χ3n) is 17.1. The van der Waals surface area contributed by atoms with Crippen molar-refractivity contribution in [2.45, 2.75) is 77.0 Å². The number of hydrogen-bond acceptors (Lipinski definition) is 11. The number of carbonyl (C=O) groups excluding carboxylic acids is 3. The number of carbonyl (C=O) groups is 3. The van der Waals surface area contributed by atoms with Crippen molar-refractivity contribution in [3.05, 3.63) is 215 Å². The summed E-state index contributed by atoms with van der Waals surface area (Å²) in [5, 5.41) is 8.92. The first-order chi connectivity index (χ1) is 54.5. The van der Waals surface area contributed by atoms with Crippen molar-refractivity contribution in [3.63, 3.8) is 0 Å². The quantitative estimate of drug-likeness (QED) is 0.0615. The molecular weight excluding hydrogens is 1310 g/mol. The van der Waals surface area contributed by atoms with Crippen LogP contribution in [0.15, 0.2) is 182 Å². The van der Waals surface area contributed by atoms with E-state index in [1.807, 2.05) is 190 Å². The highest BCUT2D eigenvalue weighted by Gasteiger charge is 2.58. The number of halogens is 2. The second-order valence-electron chi connectivity index (χ2n) is 21.8. The maximum absolute atomic E-state index is 14.0. The first-order valence-corrected chi connectivity index (χ1v) is 33.1. The van der Waals surface area contributed by atoms with E-state index in [4.69, 9.17) is 42.9 Å². The van der Waals surface area contributed by atoms with Crippen molar-refractivity contribution in [1.29, 1.82) is 5.26 Å². The Bertz CT molecular complexity index is 3880. The summed E-state index contributed by atoms with van der Waals surface area (Å²) in [6.07, 6.45) is 1.26. The Hall–Kier alpha value is -6.04. The molecule has 16 heteroatoms. The summed E-state index contributed by atoms with van der Waals surface area (Å²) in [4.78, 5) is 48.1.